The first-order valence-corrected chi connectivity index (χ1v) is 12.5. The van der Waals surface area contributed by atoms with Gasteiger partial charge in [-0.3, -0.25) is 14.5 Å². The maximum absolute atomic E-state index is 13.3. The minimum atomic E-state index is -0.0228. The van der Waals surface area contributed by atoms with Gasteiger partial charge >= 0.3 is 0 Å². The summed E-state index contributed by atoms with van der Waals surface area (Å²) in [5, 5.41) is 2.17. The Kier molecular flexibility index (Phi) is 6.72. The van der Waals surface area contributed by atoms with Gasteiger partial charge in [-0.05, 0) is 41.3 Å². The van der Waals surface area contributed by atoms with E-state index in [0.29, 0.717) is 32.6 Å². The van der Waals surface area contributed by atoms with Gasteiger partial charge in [0.25, 0.3) is 0 Å². The van der Waals surface area contributed by atoms with Crippen LogP contribution in [0.1, 0.15) is 56.2 Å². The highest BCUT2D eigenvalue weighted by atomic mass is 32.1. The molecule has 2 aromatic rings. The molecule has 4 rings (SSSR count). The molecule has 3 heterocycles. The van der Waals surface area contributed by atoms with Gasteiger partial charge < -0.3 is 9.80 Å². The summed E-state index contributed by atoms with van der Waals surface area (Å²) in [4.78, 5) is 33.7. The molecular weight excluding hydrogens is 418 g/mol. The number of amides is 2. The van der Waals surface area contributed by atoms with Crippen molar-refractivity contribution in [2.24, 2.45) is 5.41 Å². The largest absolute Gasteiger partial charge is 0.338 e. The molecule has 5 nitrogen and oxygen atoms in total. The fourth-order valence-corrected chi connectivity index (χ4v) is 5.85. The highest BCUT2D eigenvalue weighted by molar-refractivity contribution is 7.10. The van der Waals surface area contributed by atoms with E-state index in [1.807, 2.05) is 27.2 Å². The topological polar surface area (TPSA) is 43.9 Å². The number of thiophene rings is 1. The predicted molar refractivity (Wildman–Crippen MR) is 130 cm³/mol. The van der Waals surface area contributed by atoms with Crippen LogP contribution in [0.15, 0.2) is 41.8 Å². The van der Waals surface area contributed by atoms with Gasteiger partial charge in [0.2, 0.25) is 11.8 Å². The molecule has 0 radical (unpaired) electrons. The molecule has 1 saturated heterocycles. The van der Waals surface area contributed by atoms with Crippen molar-refractivity contribution >= 4 is 23.2 Å². The molecular formula is C26H35N3O2S. The van der Waals surface area contributed by atoms with Gasteiger partial charge in [-0.1, -0.05) is 51.1 Å². The summed E-state index contributed by atoms with van der Waals surface area (Å²) >= 11 is 1.82. The molecule has 2 atom stereocenters. The molecule has 1 aromatic heterocycles. The molecule has 2 amide bonds. The number of hydrogen-bond donors (Lipinski definition) is 0. The van der Waals surface area contributed by atoms with E-state index in [2.05, 4.69) is 68.3 Å². The molecule has 2 unspecified atom stereocenters. The van der Waals surface area contributed by atoms with Crippen LogP contribution in [0.2, 0.25) is 0 Å². The first-order valence-electron chi connectivity index (χ1n) is 11.7. The molecule has 1 aromatic carbocycles. The standard InChI is InChI=1S/C26H35N3O2S/c1-19-17-27(13-14-29(19)23(30)16-26(2,3)4)24(31)18-28-12-10-22-21(11-15-32-22)25(28)20-8-6-5-7-9-20/h5-9,11,15,19,25H,10,12-14,16-18H2,1-4H3. The van der Waals surface area contributed by atoms with Crippen LogP contribution in [0, 0.1) is 5.41 Å². The minimum Gasteiger partial charge on any atom is -0.338 e. The lowest BCUT2D eigenvalue weighted by molar-refractivity contribution is -0.144. The number of carbonyl (C=O) groups excluding carboxylic acids is 2. The predicted octanol–water partition coefficient (Wildman–Crippen LogP) is 4.19. The Morgan fingerprint density at radius 1 is 1.03 bits per heavy atom. The number of benzene rings is 1. The van der Waals surface area contributed by atoms with Crippen LogP contribution in [0.25, 0.3) is 0 Å². The first kappa shape index (κ1) is 23.0. The van der Waals surface area contributed by atoms with Crippen LogP contribution < -0.4 is 0 Å². The van der Waals surface area contributed by atoms with Crippen LogP contribution in [0.3, 0.4) is 0 Å². The van der Waals surface area contributed by atoms with Gasteiger partial charge in [-0.15, -0.1) is 11.3 Å². The summed E-state index contributed by atoms with van der Waals surface area (Å²) in [7, 11) is 0. The van der Waals surface area contributed by atoms with Crippen molar-refractivity contribution in [2.45, 2.75) is 52.6 Å². The van der Waals surface area contributed by atoms with E-state index in [1.165, 1.54) is 16.0 Å². The summed E-state index contributed by atoms with van der Waals surface area (Å²) in [5.74, 6) is 0.363. The Bertz CT molecular complexity index is 949. The number of hydrogen-bond acceptors (Lipinski definition) is 4. The zero-order valence-corrected chi connectivity index (χ0v) is 20.5. The Balaban J connectivity index is 1.43. The van der Waals surface area contributed by atoms with Crippen molar-refractivity contribution in [3.63, 3.8) is 0 Å². The van der Waals surface area contributed by atoms with Gasteiger partial charge in [0.15, 0.2) is 0 Å². The number of piperazine rings is 1. The summed E-state index contributed by atoms with van der Waals surface area (Å²) < 4.78 is 0. The number of nitrogens with zero attached hydrogens (tertiary/aromatic N) is 3. The Morgan fingerprint density at radius 2 is 1.78 bits per heavy atom. The third kappa shape index (κ3) is 5.07. The van der Waals surface area contributed by atoms with Crippen LogP contribution in [0.5, 0.6) is 0 Å². The van der Waals surface area contributed by atoms with E-state index < -0.39 is 0 Å². The van der Waals surface area contributed by atoms with Gasteiger partial charge in [0.05, 0.1) is 12.6 Å². The van der Waals surface area contributed by atoms with Crippen molar-refractivity contribution in [3.8, 4) is 0 Å². The normalized spacial score (nSPS) is 22.0. The van der Waals surface area contributed by atoms with Crippen LogP contribution in [-0.2, 0) is 16.0 Å². The van der Waals surface area contributed by atoms with Crippen molar-refractivity contribution in [3.05, 3.63) is 57.8 Å². The lowest BCUT2D eigenvalue weighted by Gasteiger charge is -2.42. The molecule has 0 aliphatic carbocycles. The molecule has 0 N–H and O–H groups in total. The number of fused-ring (bicyclic) bond motifs is 1. The molecule has 2 aliphatic heterocycles. The SMILES string of the molecule is CC1CN(C(=O)CN2CCc3sccc3C2c2ccccc2)CCN1C(=O)CC(C)(C)C. The van der Waals surface area contributed by atoms with Crippen LogP contribution >= 0.6 is 11.3 Å². The Hall–Kier alpha value is -2.18. The smallest absolute Gasteiger partial charge is 0.236 e. The lowest BCUT2D eigenvalue weighted by atomic mass is 9.91. The molecule has 0 saturated carbocycles. The highest BCUT2D eigenvalue weighted by Gasteiger charge is 2.35. The van der Waals surface area contributed by atoms with Gasteiger partial charge in [-0.25, -0.2) is 0 Å². The fraction of sp³-hybridized carbons (Fsp3) is 0.538. The third-order valence-corrected chi connectivity index (χ3v) is 7.50. The zero-order valence-electron chi connectivity index (χ0n) is 19.7. The average molecular weight is 454 g/mol. The first-order chi connectivity index (χ1) is 15.2. The van der Waals surface area contributed by atoms with E-state index in [0.717, 1.165) is 13.0 Å². The number of carbonyl (C=O) groups is 2. The summed E-state index contributed by atoms with van der Waals surface area (Å²) in [6, 6.07) is 12.9. The van der Waals surface area contributed by atoms with Crippen molar-refractivity contribution in [1.29, 1.82) is 0 Å². The van der Waals surface area contributed by atoms with Gasteiger partial charge in [0.1, 0.15) is 0 Å². The maximum atomic E-state index is 13.3. The van der Waals surface area contributed by atoms with E-state index in [9.17, 15) is 9.59 Å². The van der Waals surface area contributed by atoms with Gasteiger partial charge in [0, 0.05) is 43.5 Å². The van der Waals surface area contributed by atoms with Crippen molar-refractivity contribution in [2.75, 3.05) is 32.7 Å². The molecule has 32 heavy (non-hydrogen) atoms. The Labute approximate surface area is 196 Å². The number of rotatable bonds is 4. The monoisotopic (exact) mass is 453 g/mol. The lowest BCUT2D eigenvalue weighted by Crippen LogP contribution is -2.57. The van der Waals surface area contributed by atoms with Crippen LogP contribution in [0.4, 0.5) is 0 Å². The van der Waals surface area contributed by atoms with Gasteiger partial charge in [-0.2, -0.15) is 0 Å². The molecule has 6 heteroatoms. The van der Waals surface area contributed by atoms with Crippen molar-refractivity contribution < 1.29 is 9.59 Å². The summed E-state index contributed by atoms with van der Waals surface area (Å²) in [6.45, 7) is 11.5. The second kappa shape index (κ2) is 9.36. The highest BCUT2D eigenvalue weighted by Crippen LogP contribution is 2.37. The minimum absolute atomic E-state index is 0.0228. The summed E-state index contributed by atoms with van der Waals surface area (Å²) in [5.41, 5.74) is 2.56. The average Bonchev–Trinajstić information content (AvgIpc) is 3.21. The fourth-order valence-electron chi connectivity index (χ4n) is 4.95. The van der Waals surface area contributed by atoms with E-state index in [1.54, 1.807) is 0 Å². The summed E-state index contributed by atoms with van der Waals surface area (Å²) in [6.07, 6.45) is 1.54. The third-order valence-electron chi connectivity index (χ3n) is 6.50. The molecule has 0 spiro atoms. The zero-order chi connectivity index (χ0) is 22.9. The van der Waals surface area contributed by atoms with Crippen molar-refractivity contribution in [1.82, 2.24) is 14.7 Å². The maximum Gasteiger partial charge on any atom is 0.236 e. The molecule has 1 fully saturated rings. The molecule has 172 valence electrons. The van der Waals surface area contributed by atoms with E-state index >= 15 is 0 Å². The van der Waals surface area contributed by atoms with E-state index in [-0.39, 0.29) is 29.3 Å². The molecule has 0 bridgehead atoms. The second-order valence-electron chi connectivity index (χ2n) is 10.3. The van der Waals surface area contributed by atoms with E-state index in [4.69, 9.17) is 0 Å². The second-order valence-corrected chi connectivity index (χ2v) is 11.3. The molecule has 2 aliphatic rings. The van der Waals surface area contributed by atoms with Crippen LogP contribution in [-0.4, -0.2) is 65.3 Å². The quantitative estimate of drug-likeness (QED) is 0.697. The Morgan fingerprint density at radius 3 is 2.47 bits per heavy atom.